The van der Waals surface area contributed by atoms with Gasteiger partial charge in [0.1, 0.15) is 0 Å². The van der Waals surface area contributed by atoms with E-state index in [1.807, 2.05) is 31.2 Å². The number of aromatic amines is 1. The van der Waals surface area contributed by atoms with Crippen molar-refractivity contribution in [1.82, 2.24) is 9.97 Å². The van der Waals surface area contributed by atoms with Crippen molar-refractivity contribution in [3.8, 4) is 0 Å². The molecule has 4 aromatic rings. The maximum absolute atomic E-state index is 12.9. The number of esters is 1. The summed E-state index contributed by atoms with van der Waals surface area (Å²) in [5.74, 6) is -0.731. The molecule has 0 unspecified atom stereocenters. The third-order valence-electron chi connectivity index (χ3n) is 4.36. The molecule has 4 rings (SSSR count). The topological polar surface area (TPSA) is 72.1 Å². The number of thiazole rings is 1. The Morgan fingerprint density at radius 2 is 2.00 bits per heavy atom. The van der Waals surface area contributed by atoms with Crippen molar-refractivity contribution < 1.29 is 14.3 Å². The lowest BCUT2D eigenvalue weighted by Gasteiger charge is -2.12. The molecule has 6 heteroatoms. The summed E-state index contributed by atoms with van der Waals surface area (Å²) in [5, 5.41) is 0.837. The highest BCUT2D eigenvalue weighted by molar-refractivity contribution is 7.16. The maximum Gasteiger partial charge on any atom is 0.338 e. The Balaban J connectivity index is 1.58. The Bertz CT molecular complexity index is 1140. The Morgan fingerprint density at radius 1 is 1.19 bits per heavy atom. The number of fused-ring (bicyclic) bond motifs is 2. The van der Waals surface area contributed by atoms with Crippen LogP contribution in [-0.4, -0.2) is 27.8 Å². The lowest BCUT2D eigenvalue weighted by atomic mass is 10.0. The van der Waals surface area contributed by atoms with Crippen LogP contribution in [-0.2, 0) is 4.74 Å². The number of nitrogens with zero attached hydrogens (tertiary/aromatic N) is 1. The van der Waals surface area contributed by atoms with Crippen LogP contribution in [0.4, 0.5) is 0 Å². The zero-order valence-corrected chi connectivity index (χ0v) is 15.1. The van der Waals surface area contributed by atoms with E-state index in [0.717, 1.165) is 26.8 Å². The van der Waals surface area contributed by atoms with Gasteiger partial charge in [-0.2, -0.15) is 0 Å². The number of carbonyl (C=O) groups is 2. The molecule has 130 valence electrons. The summed E-state index contributed by atoms with van der Waals surface area (Å²) >= 11 is 1.46. The van der Waals surface area contributed by atoms with Gasteiger partial charge in [-0.05, 0) is 38.1 Å². The van der Waals surface area contributed by atoms with E-state index < -0.39 is 12.1 Å². The molecule has 0 radical (unpaired) electrons. The molecule has 0 saturated heterocycles. The predicted octanol–water partition coefficient (Wildman–Crippen LogP) is 4.51. The first-order chi connectivity index (χ1) is 12.5. The molecule has 0 saturated carbocycles. The minimum absolute atomic E-state index is 0.216. The van der Waals surface area contributed by atoms with Gasteiger partial charge in [-0.15, -0.1) is 11.3 Å². The number of nitrogens with one attached hydrogen (secondary N) is 1. The van der Waals surface area contributed by atoms with Gasteiger partial charge in [0.15, 0.2) is 6.10 Å². The van der Waals surface area contributed by atoms with Crippen LogP contribution in [0.3, 0.4) is 0 Å². The lowest BCUT2D eigenvalue weighted by molar-refractivity contribution is 0.0319. The first kappa shape index (κ1) is 16.5. The van der Waals surface area contributed by atoms with Crippen molar-refractivity contribution >= 4 is 44.2 Å². The van der Waals surface area contributed by atoms with Crippen molar-refractivity contribution in [3.05, 3.63) is 64.8 Å². The van der Waals surface area contributed by atoms with Crippen LogP contribution in [0, 0.1) is 6.92 Å². The summed E-state index contributed by atoms with van der Waals surface area (Å²) in [5.41, 5.74) is 5.21. The molecular weight excluding hydrogens is 348 g/mol. The van der Waals surface area contributed by atoms with Gasteiger partial charge in [-0.3, -0.25) is 4.79 Å². The molecule has 0 aliphatic rings. The first-order valence-corrected chi connectivity index (χ1v) is 9.08. The van der Waals surface area contributed by atoms with Crippen LogP contribution in [0.15, 0.2) is 48.0 Å². The monoisotopic (exact) mass is 364 g/mol. The summed E-state index contributed by atoms with van der Waals surface area (Å²) in [7, 11) is 0. The summed E-state index contributed by atoms with van der Waals surface area (Å²) in [6.07, 6.45) is -0.877. The van der Waals surface area contributed by atoms with E-state index in [1.54, 1.807) is 30.6 Å². The molecule has 0 aliphatic carbocycles. The fourth-order valence-electron chi connectivity index (χ4n) is 3.06. The largest absolute Gasteiger partial charge is 0.451 e. The standard InChI is InChI=1S/C20H16N2O3S/c1-11-18(14-5-3-4-6-15(14)22-11)19(23)12(2)25-20(24)13-7-8-16-17(9-13)26-10-21-16/h3-10,12,22H,1-2H3/t12-/m1/s1. The average Bonchev–Trinajstić information content (AvgIpc) is 3.23. The number of hydrogen-bond acceptors (Lipinski definition) is 5. The van der Waals surface area contributed by atoms with Gasteiger partial charge in [0.05, 0.1) is 21.3 Å². The number of aryl methyl sites for hydroxylation is 1. The Hall–Kier alpha value is -2.99. The molecule has 2 aromatic carbocycles. The highest BCUT2D eigenvalue weighted by atomic mass is 32.1. The van der Waals surface area contributed by atoms with E-state index in [-0.39, 0.29) is 5.78 Å². The van der Waals surface area contributed by atoms with E-state index in [0.29, 0.717) is 11.1 Å². The Morgan fingerprint density at radius 3 is 2.85 bits per heavy atom. The number of aromatic nitrogens is 2. The van der Waals surface area contributed by atoms with Crippen LogP contribution in [0.5, 0.6) is 0 Å². The van der Waals surface area contributed by atoms with Gasteiger partial charge in [0.2, 0.25) is 5.78 Å². The molecule has 0 aliphatic heterocycles. The number of hydrogen-bond donors (Lipinski definition) is 1. The second-order valence-electron chi connectivity index (χ2n) is 6.12. The number of ketones is 1. The molecule has 2 aromatic heterocycles. The van der Waals surface area contributed by atoms with Gasteiger partial charge in [0.25, 0.3) is 0 Å². The number of Topliss-reactive ketones (excluding diaryl/α,β-unsaturated/α-hetero) is 1. The number of benzene rings is 2. The number of rotatable bonds is 4. The zero-order chi connectivity index (χ0) is 18.3. The zero-order valence-electron chi connectivity index (χ0n) is 14.3. The SMILES string of the molecule is Cc1[nH]c2ccccc2c1C(=O)[C@@H](C)OC(=O)c1ccc2ncsc2c1. The molecule has 1 N–H and O–H groups in total. The quantitative estimate of drug-likeness (QED) is 0.427. The molecule has 5 nitrogen and oxygen atoms in total. The normalized spacial score (nSPS) is 12.4. The van der Waals surface area contributed by atoms with Crippen molar-refractivity contribution in [2.24, 2.45) is 0 Å². The molecule has 1 atom stereocenters. The van der Waals surface area contributed by atoms with Crippen LogP contribution >= 0.6 is 11.3 Å². The van der Waals surface area contributed by atoms with E-state index in [1.165, 1.54) is 11.3 Å². The molecule has 26 heavy (non-hydrogen) atoms. The molecular formula is C20H16N2O3S. The fraction of sp³-hybridized carbons (Fsp3) is 0.150. The Labute approximate surface area is 153 Å². The van der Waals surface area contributed by atoms with Gasteiger partial charge < -0.3 is 9.72 Å². The predicted molar refractivity (Wildman–Crippen MR) is 102 cm³/mol. The van der Waals surface area contributed by atoms with Crippen LogP contribution < -0.4 is 0 Å². The first-order valence-electron chi connectivity index (χ1n) is 8.20. The minimum atomic E-state index is -0.877. The summed E-state index contributed by atoms with van der Waals surface area (Å²) in [6, 6.07) is 12.8. The number of para-hydroxylation sites is 1. The van der Waals surface area contributed by atoms with Crippen molar-refractivity contribution in [2.75, 3.05) is 0 Å². The second-order valence-corrected chi connectivity index (χ2v) is 7.00. The number of H-pyrrole nitrogens is 1. The van der Waals surface area contributed by atoms with Crippen LogP contribution in [0.25, 0.3) is 21.1 Å². The van der Waals surface area contributed by atoms with Gasteiger partial charge in [-0.25, -0.2) is 9.78 Å². The van der Waals surface area contributed by atoms with Crippen molar-refractivity contribution in [3.63, 3.8) is 0 Å². The van der Waals surface area contributed by atoms with Crippen LogP contribution in [0.1, 0.15) is 33.3 Å². The fourth-order valence-corrected chi connectivity index (χ4v) is 3.78. The Kier molecular flexibility index (Phi) is 4.05. The van der Waals surface area contributed by atoms with Crippen LogP contribution in [0.2, 0.25) is 0 Å². The third-order valence-corrected chi connectivity index (χ3v) is 5.15. The molecule has 0 bridgehead atoms. The highest BCUT2D eigenvalue weighted by Gasteiger charge is 2.25. The molecule has 0 spiro atoms. The number of carbonyl (C=O) groups excluding carboxylic acids is 2. The smallest absolute Gasteiger partial charge is 0.338 e. The van der Waals surface area contributed by atoms with Gasteiger partial charge >= 0.3 is 5.97 Å². The lowest BCUT2D eigenvalue weighted by Crippen LogP contribution is -2.24. The minimum Gasteiger partial charge on any atom is -0.451 e. The maximum atomic E-state index is 12.9. The number of ether oxygens (including phenoxy) is 1. The molecule has 0 fully saturated rings. The molecule has 2 heterocycles. The van der Waals surface area contributed by atoms with E-state index in [2.05, 4.69) is 9.97 Å². The average molecular weight is 364 g/mol. The molecule has 0 amide bonds. The second kappa shape index (κ2) is 6.38. The third kappa shape index (κ3) is 2.78. The van der Waals surface area contributed by atoms with Crippen molar-refractivity contribution in [1.29, 1.82) is 0 Å². The summed E-state index contributed by atoms with van der Waals surface area (Å²) in [6.45, 7) is 3.45. The van der Waals surface area contributed by atoms with Gasteiger partial charge in [0, 0.05) is 22.2 Å². The summed E-state index contributed by atoms with van der Waals surface area (Å²) in [4.78, 5) is 32.7. The van der Waals surface area contributed by atoms with E-state index in [9.17, 15) is 9.59 Å². The van der Waals surface area contributed by atoms with E-state index >= 15 is 0 Å². The van der Waals surface area contributed by atoms with E-state index in [4.69, 9.17) is 4.74 Å². The summed E-state index contributed by atoms with van der Waals surface area (Å²) < 4.78 is 6.34. The van der Waals surface area contributed by atoms with Gasteiger partial charge in [-0.1, -0.05) is 18.2 Å². The highest BCUT2D eigenvalue weighted by Crippen LogP contribution is 2.24. The van der Waals surface area contributed by atoms with Crippen molar-refractivity contribution in [2.45, 2.75) is 20.0 Å².